The quantitative estimate of drug-likeness (QED) is 0.641. The van der Waals surface area contributed by atoms with E-state index >= 15 is 0 Å². The lowest BCUT2D eigenvalue weighted by Gasteiger charge is -2.26. The number of hydrogen-bond acceptors (Lipinski definition) is 5. The summed E-state index contributed by atoms with van der Waals surface area (Å²) in [5, 5.41) is 11.3. The molecule has 0 aliphatic heterocycles. The Balaban J connectivity index is 1.87. The van der Waals surface area contributed by atoms with Gasteiger partial charge < -0.3 is 16.0 Å². The zero-order chi connectivity index (χ0) is 19.6. The number of nitrogens with two attached hydrogens (primary N) is 1. The molecule has 7 nitrogen and oxygen atoms in total. The van der Waals surface area contributed by atoms with Crippen LogP contribution in [-0.2, 0) is 5.54 Å². The van der Waals surface area contributed by atoms with Crippen LogP contribution >= 0.6 is 0 Å². The Morgan fingerprint density at radius 3 is 2.56 bits per heavy atom. The van der Waals surface area contributed by atoms with Crippen molar-refractivity contribution in [2.24, 2.45) is 5.73 Å². The van der Waals surface area contributed by atoms with E-state index in [1.165, 1.54) is 18.2 Å². The normalized spacial score (nSPS) is 11.2. The number of nitrogens with one attached hydrogen (secondary N) is 2. The van der Waals surface area contributed by atoms with Crippen molar-refractivity contribution in [2.45, 2.75) is 19.4 Å². The second kappa shape index (κ2) is 6.99. The van der Waals surface area contributed by atoms with E-state index in [0.717, 1.165) is 6.07 Å². The number of aromatic amines is 1. The van der Waals surface area contributed by atoms with E-state index in [1.54, 1.807) is 24.3 Å². The van der Waals surface area contributed by atoms with Gasteiger partial charge in [0.15, 0.2) is 0 Å². The van der Waals surface area contributed by atoms with Gasteiger partial charge in [0.2, 0.25) is 11.5 Å². The van der Waals surface area contributed by atoms with Crippen LogP contribution in [0.1, 0.15) is 29.9 Å². The molecule has 0 aliphatic carbocycles. The predicted molar refractivity (Wildman–Crippen MR) is 99.7 cm³/mol. The summed E-state index contributed by atoms with van der Waals surface area (Å²) in [6.07, 6.45) is 0. The molecule has 27 heavy (non-hydrogen) atoms. The minimum atomic E-state index is -0.652. The molecule has 0 unspecified atom stereocenters. The van der Waals surface area contributed by atoms with Gasteiger partial charge in [0.05, 0.1) is 11.2 Å². The summed E-state index contributed by atoms with van der Waals surface area (Å²) in [7, 11) is 0. The van der Waals surface area contributed by atoms with Crippen LogP contribution in [0.4, 0.5) is 10.2 Å². The molecular weight excluding hydrogens is 349 g/mol. The monoisotopic (exact) mass is 367 g/mol. The largest absolute Gasteiger partial charge is 0.366 e. The molecule has 2 aromatic heterocycles. The number of carbonyl (C=O) groups excluding carboxylic acids is 1. The summed E-state index contributed by atoms with van der Waals surface area (Å²) in [5.41, 5.74) is 5.69. The number of halogens is 1. The Morgan fingerprint density at radius 1 is 1.15 bits per heavy atom. The second-order valence-corrected chi connectivity index (χ2v) is 6.54. The van der Waals surface area contributed by atoms with Crippen LogP contribution < -0.4 is 16.6 Å². The van der Waals surface area contributed by atoms with Gasteiger partial charge in [0, 0.05) is 22.9 Å². The summed E-state index contributed by atoms with van der Waals surface area (Å²) < 4.78 is 14.1. The zero-order valence-electron chi connectivity index (χ0n) is 14.8. The fourth-order valence-electron chi connectivity index (χ4n) is 2.62. The van der Waals surface area contributed by atoms with E-state index in [1.807, 2.05) is 13.8 Å². The van der Waals surface area contributed by atoms with E-state index in [-0.39, 0.29) is 22.4 Å². The van der Waals surface area contributed by atoms with Crippen LogP contribution in [0.2, 0.25) is 0 Å². The molecule has 4 N–H and O–H groups in total. The van der Waals surface area contributed by atoms with Crippen LogP contribution in [0.3, 0.4) is 0 Å². The maximum absolute atomic E-state index is 14.1. The SMILES string of the molecule is CC(C)(Nc1ccc(-c2cc(C(N)=O)ccc2F)nn1)c1cccc(=O)[nH]1. The number of anilines is 1. The number of aromatic nitrogens is 3. The van der Waals surface area contributed by atoms with Crippen molar-refractivity contribution in [3.63, 3.8) is 0 Å². The van der Waals surface area contributed by atoms with Crippen molar-refractivity contribution in [1.82, 2.24) is 15.2 Å². The fourth-order valence-corrected chi connectivity index (χ4v) is 2.62. The molecule has 138 valence electrons. The summed E-state index contributed by atoms with van der Waals surface area (Å²) in [4.78, 5) is 25.6. The van der Waals surface area contributed by atoms with Gasteiger partial charge in [-0.1, -0.05) is 6.07 Å². The highest BCUT2D eigenvalue weighted by molar-refractivity contribution is 5.94. The molecule has 0 aliphatic rings. The molecule has 2 heterocycles. The Morgan fingerprint density at radius 2 is 1.93 bits per heavy atom. The Labute approximate surface area is 154 Å². The summed E-state index contributed by atoms with van der Waals surface area (Å²) in [5.74, 6) is -0.738. The minimum absolute atomic E-state index is 0.136. The number of primary amides is 1. The number of rotatable bonds is 5. The first-order valence-corrected chi connectivity index (χ1v) is 8.18. The molecule has 1 aromatic carbocycles. The van der Waals surface area contributed by atoms with Gasteiger partial charge in [0.1, 0.15) is 11.6 Å². The summed E-state index contributed by atoms with van der Waals surface area (Å²) >= 11 is 0. The topological polar surface area (TPSA) is 114 Å². The Kier molecular flexibility index (Phi) is 4.72. The third kappa shape index (κ3) is 4.00. The first-order valence-electron chi connectivity index (χ1n) is 8.18. The third-order valence-electron chi connectivity index (χ3n) is 4.07. The highest BCUT2D eigenvalue weighted by Gasteiger charge is 2.22. The lowest BCUT2D eigenvalue weighted by atomic mass is 10.00. The molecule has 3 aromatic rings. The van der Waals surface area contributed by atoms with E-state index in [9.17, 15) is 14.0 Å². The molecule has 0 radical (unpaired) electrons. The highest BCUT2D eigenvalue weighted by atomic mass is 19.1. The predicted octanol–water partition coefficient (Wildman–Crippen LogP) is 2.42. The molecule has 0 spiro atoms. The maximum Gasteiger partial charge on any atom is 0.248 e. The third-order valence-corrected chi connectivity index (χ3v) is 4.07. The van der Waals surface area contributed by atoms with Gasteiger partial charge in [-0.3, -0.25) is 9.59 Å². The molecule has 8 heteroatoms. The zero-order valence-corrected chi connectivity index (χ0v) is 14.8. The average Bonchev–Trinajstić information content (AvgIpc) is 2.62. The lowest BCUT2D eigenvalue weighted by molar-refractivity contribution is 0.100. The summed E-state index contributed by atoms with van der Waals surface area (Å²) in [6, 6.07) is 11.9. The van der Waals surface area contributed by atoms with E-state index in [4.69, 9.17) is 5.73 Å². The van der Waals surface area contributed by atoms with E-state index in [0.29, 0.717) is 11.5 Å². The van der Waals surface area contributed by atoms with E-state index in [2.05, 4.69) is 20.5 Å². The average molecular weight is 367 g/mol. The van der Waals surface area contributed by atoms with Gasteiger partial charge >= 0.3 is 0 Å². The van der Waals surface area contributed by atoms with Gasteiger partial charge in [0.25, 0.3) is 0 Å². The maximum atomic E-state index is 14.1. The highest BCUT2D eigenvalue weighted by Crippen LogP contribution is 2.25. The van der Waals surface area contributed by atoms with Crippen LogP contribution in [0.25, 0.3) is 11.3 Å². The lowest BCUT2D eigenvalue weighted by Crippen LogP contribution is -2.31. The molecule has 0 fully saturated rings. The molecular formula is C19H18FN5O2. The molecule has 3 rings (SSSR count). The van der Waals surface area contributed by atoms with Crippen molar-refractivity contribution in [1.29, 1.82) is 0 Å². The number of benzene rings is 1. The van der Waals surface area contributed by atoms with Gasteiger partial charge in [-0.15, -0.1) is 10.2 Å². The summed E-state index contributed by atoms with van der Waals surface area (Å²) in [6.45, 7) is 3.76. The Hall–Kier alpha value is -3.55. The second-order valence-electron chi connectivity index (χ2n) is 6.54. The first-order chi connectivity index (χ1) is 12.8. The number of carbonyl (C=O) groups is 1. The van der Waals surface area contributed by atoms with Crippen molar-refractivity contribution in [3.05, 3.63) is 76.0 Å². The van der Waals surface area contributed by atoms with Crippen LogP contribution in [0, 0.1) is 5.82 Å². The smallest absolute Gasteiger partial charge is 0.248 e. The van der Waals surface area contributed by atoms with Gasteiger partial charge in [-0.25, -0.2) is 4.39 Å². The molecule has 1 amide bonds. The standard InChI is InChI=1S/C19H18FN5O2/c1-19(2,15-4-3-5-17(26)22-15)23-16-9-8-14(24-25-16)12-10-11(18(21)27)6-7-13(12)20/h3-10H,1-2H3,(H2,21,27)(H,22,26)(H,23,25). The van der Waals surface area contributed by atoms with Crippen molar-refractivity contribution in [2.75, 3.05) is 5.32 Å². The first kappa shape index (κ1) is 18.2. The fraction of sp³-hybridized carbons (Fsp3) is 0.158. The number of hydrogen-bond donors (Lipinski definition) is 3. The van der Waals surface area contributed by atoms with Crippen LogP contribution in [0.15, 0.2) is 53.3 Å². The van der Waals surface area contributed by atoms with Crippen molar-refractivity contribution < 1.29 is 9.18 Å². The Bertz CT molecular complexity index is 1040. The minimum Gasteiger partial charge on any atom is -0.366 e. The molecule has 0 bridgehead atoms. The van der Waals surface area contributed by atoms with Crippen LogP contribution in [-0.4, -0.2) is 21.1 Å². The van der Waals surface area contributed by atoms with Gasteiger partial charge in [-0.2, -0.15) is 0 Å². The number of nitrogens with zero attached hydrogens (tertiary/aromatic N) is 2. The van der Waals surface area contributed by atoms with Gasteiger partial charge in [-0.05, 0) is 50.2 Å². The number of pyridine rings is 1. The van der Waals surface area contributed by atoms with Crippen LogP contribution in [0.5, 0.6) is 0 Å². The van der Waals surface area contributed by atoms with Crippen molar-refractivity contribution >= 4 is 11.7 Å². The number of H-pyrrole nitrogens is 1. The molecule has 0 saturated heterocycles. The molecule has 0 atom stereocenters. The van der Waals surface area contributed by atoms with E-state index < -0.39 is 17.3 Å². The molecule has 0 saturated carbocycles. The number of amides is 1. The van der Waals surface area contributed by atoms with Crippen molar-refractivity contribution in [3.8, 4) is 11.3 Å².